The maximum atomic E-state index is 10.3. The molecule has 0 bridgehead atoms. The van der Waals surface area contributed by atoms with Gasteiger partial charge in [-0.1, -0.05) is 6.07 Å². The lowest BCUT2D eigenvalue weighted by Gasteiger charge is -2.06. The average Bonchev–Trinajstić information content (AvgIpc) is 2.28. The van der Waals surface area contributed by atoms with Crippen LogP contribution in [0.5, 0.6) is 5.88 Å². The molecule has 0 aliphatic carbocycles. The molecule has 0 aliphatic heterocycles. The molecule has 0 spiro atoms. The van der Waals surface area contributed by atoms with Crippen molar-refractivity contribution in [3.8, 4) is 5.88 Å². The highest BCUT2D eigenvalue weighted by Gasteiger charge is 1.98. The summed E-state index contributed by atoms with van der Waals surface area (Å²) in [5, 5.41) is 11.6. The SMILES string of the molecule is COc1cccc(NCCCCC(=O)O)n1. The molecule has 0 aromatic carbocycles. The highest BCUT2D eigenvalue weighted by molar-refractivity contribution is 5.66. The van der Waals surface area contributed by atoms with Gasteiger partial charge in [0.05, 0.1) is 7.11 Å². The van der Waals surface area contributed by atoms with E-state index in [-0.39, 0.29) is 6.42 Å². The predicted molar refractivity (Wildman–Crippen MR) is 60.8 cm³/mol. The van der Waals surface area contributed by atoms with Gasteiger partial charge in [0.25, 0.3) is 0 Å². The second kappa shape index (κ2) is 6.66. The standard InChI is InChI=1S/C11H16N2O3/c1-16-10-6-4-5-9(13-10)12-8-3-2-7-11(14)15/h4-6H,2-3,7-8H2,1H3,(H,12,13)(H,14,15). The minimum Gasteiger partial charge on any atom is -0.481 e. The number of hydrogen-bond acceptors (Lipinski definition) is 4. The summed E-state index contributed by atoms with van der Waals surface area (Å²) in [4.78, 5) is 14.4. The van der Waals surface area contributed by atoms with Crippen LogP contribution >= 0.6 is 0 Å². The fourth-order valence-electron chi connectivity index (χ4n) is 1.24. The number of unbranched alkanes of at least 4 members (excludes halogenated alkanes) is 1. The predicted octanol–water partition coefficient (Wildman–Crippen LogP) is 1.76. The van der Waals surface area contributed by atoms with E-state index < -0.39 is 5.97 Å². The van der Waals surface area contributed by atoms with E-state index in [9.17, 15) is 4.79 Å². The number of anilines is 1. The lowest BCUT2D eigenvalue weighted by molar-refractivity contribution is -0.137. The molecule has 2 N–H and O–H groups in total. The van der Waals surface area contributed by atoms with Crippen LogP contribution in [-0.2, 0) is 4.79 Å². The number of rotatable bonds is 7. The first-order valence-electron chi connectivity index (χ1n) is 5.19. The molecule has 5 heteroatoms. The van der Waals surface area contributed by atoms with Crippen LogP contribution in [0.4, 0.5) is 5.82 Å². The number of nitrogens with zero attached hydrogens (tertiary/aromatic N) is 1. The van der Waals surface area contributed by atoms with Crippen molar-refractivity contribution >= 4 is 11.8 Å². The molecule has 0 atom stereocenters. The van der Waals surface area contributed by atoms with Crippen LogP contribution in [-0.4, -0.2) is 29.7 Å². The van der Waals surface area contributed by atoms with Crippen molar-refractivity contribution in [2.75, 3.05) is 19.0 Å². The second-order valence-corrected chi connectivity index (χ2v) is 3.34. The minimum absolute atomic E-state index is 0.215. The summed E-state index contributed by atoms with van der Waals surface area (Å²) >= 11 is 0. The molecule has 1 aromatic heterocycles. The summed E-state index contributed by atoms with van der Waals surface area (Å²) in [6.45, 7) is 0.716. The van der Waals surface area contributed by atoms with Crippen LogP contribution in [0.2, 0.25) is 0 Å². The normalized spacial score (nSPS) is 9.81. The smallest absolute Gasteiger partial charge is 0.303 e. The molecule has 0 radical (unpaired) electrons. The van der Waals surface area contributed by atoms with Crippen molar-refractivity contribution < 1.29 is 14.6 Å². The molecule has 0 saturated carbocycles. The molecule has 0 saturated heterocycles. The quantitative estimate of drug-likeness (QED) is 0.690. The fraction of sp³-hybridized carbons (Fsp3) is 0.455. The van der Waals surface area contributed by atoms with Crippen LogP contribution in [0.1, 0.15) is 19.3 Å². The van der Waals surface area contributed by atoms with Crippen LogP contribution in [0.3, 0.4) is 0 Å². The zero-order chi connectivity index (χ0) is 11.8. The molecule has 0 unspecified atom stereocenters. The van der Waals surface area contributed by atoms with E-state index in [2.05, 4.69) is 10.3 Å². The molecule has 0 aliphatic rings. The lowest BCUT2D eigenvalue weighted by Crippen LogP contribution is -2.04. The van der Waals surface area contributed by atoms with Gasteiger partial charge in [-0.25, -0.2) is 0 Å². The number of nitrogens with one attached hydrogen (secondary N) is 1. The van der Waals surface area contributed by atoms with Crippen LogP contribution in [0, 0.1) is 0 Å². The van der Waals surface area contributed by atoms with Gasteiger partial charge in [0.1, 0.15) is 5.82 Å². The van der Waals surface area contributed by atoms with Crippen molar-refractivity contribution in [2.24, 2.45) is 0 Å². The Labute approximate surface area is 94.5 Å². The van der Waals surface area contributed by atoms with Crippen molar-refractivity contribution in [1.82, 2.24) is 4.98 Å². The Hall–Kier alpha value is -1.78. The van der Waals surface area contributed by atoms with Gasteiger partial charge >= 0.3 is 5.97 Å². The molecule has 1 rings (SSSR count). The lowest BCUT2D eigenvalue weighted by atomic mass is 10.2. The number of pyridine rings is 1. The number of aromatic nitrogens is 1. The average molecular weight is 224 g/mol. The third-order valence-electron chi connectivity index (χ3n) is 2.06. The fourth-order valence-corrected chi connectivity index (χ4v) is 1.24. The summed E-state index contributed by atoms with van der Waals surface area (Å²) in [5.74, 6) is 0.560. The number of ether oxygens (including phenoxy) is 1. The molecule has 88 valence electrons. The van der Waals surface area contributed by atoms with Crippen molar-refractivity contribution in [2.45, 2.75) is 19.3 Å². The van der Waals surface area contributed by atoms with Crippen molar-refractivity contribution in [1.29, 1.82) is 0 Å². The molecule has 1 heterocycles. The van der Waals surface area contributed by atoms with E-state index >= 15 is 0 Å². The Morgan fingerprint density at radius 1 is 1.50 bits per heavy atom. The number of carboxylic acids is 1. The Kier molecular flexibility index (Phi) is 5.11. The van der Waals surface area contributed by atoms with E-state index in [1.807, 2.05) is 12.1 Å². The number of methoxy groups -OCH3 is 1. The molecule has 16 heavy (non-hydrogen) atoms. The first-order valence-corrected chi connectivity index (χ1v) is 5.19. The Morgan fingerprint density at radius 2 is 2.31 bits per heavy atom. The third-order valence-corrected chi connectivity index (χ3v) is 2.06. The van der Waals surface area contributed by atoms with Crippen molar-refractivity contribution in [3.63, 3.8) is 0 Å². The zero-order valence-corrected chi connectivity index (χ0v) is 9.27. The first kappa shape index (κ1) is 12.3. The monoisotopic (exact) mass is 224 g/mol. The van der Waals surface area contributed by atoms with Gasteiger partial charge in [-0.05, 0) is 18.9 Å². The number of hydrogen-bond donors (Lipinski definition) is 2. The van der Waals surface area contributed by atoms with Gasteiger partial charge in [0.2, 0.25) is 5.88 Å². The highest BCUT2D eigenvalue weighted by atomic mass is 16.5. The summed E-state index contributed by atoms with van der Waals surface area (Å²) in [5.41, 5.74) is 0. The molecule has 5 nitrogen and oxygen atoms in total. The summed E-state index contributed by atoms with van der Waals surface area (Å²) in [6, 6.07) is 5.47. The van der Waals surface area contributed by atoms with E-state index in [0.717, 1.165) is 12.2 Å². The Bertz CT molecular complexity index is 342. The van der Waals surface area contributed by atoms with E-state index in [4.69, 9.17) is 9.84 Å². The molecular formula is C11H16N2O3. The maximum Gasteiger partial charge on any atom is 0.303 e. The first-order chi connectivity index (χ1) is 7.72. The van der Waals surface area contributed by atoms with Crippen LogP contribution in [0.25, 0.3) is 0 Å². The van der Waals surface area contributed by atoms with E-state index in [0.29, 0.717) is 18.8 Å². The summed E-state index contributed by atoms with van der Waals surface area (Å²) in [6.07, 6.45) is 1.70. The van der Waals surface area contributed by atoms with Crippen LogP contribution < -0.4 is 10.1 Å². The number of carboxylic acid groups (broad SMARTS) is 1. The number of aliphatic carboxylic acids is 1. The molecular weight excluding hydrogens is 208 g/mol. The summed E-state index contributed by atoms with van der Waals surface area (Å²) < 4.78 is 4.98. The maximum absolute atomic E-state index is 10.3. The minimum atomic E-state index is -0.750. The van der Waals surface area contributed by atoms with Gasteiger partial charge in [-0.15, -0.1) is 0 Å². The second-order valence-electron chi connectivity index (χ2n) is 3.34. The Balaban J connectivity index is 2.23. The molecule has 0 fully saturated rings. The van der Waals surface area contributed by atoms with Gasteiger partial charge in [-0.2, -0.15) is 4.98 Å². The van der Waals surface area contributed by atoms with E-state index in [1.54, 1.807) is 13.2 Å². The summed E-state index contributed by atoms with van der Waals surface area (Å²) in [7, 11) is 1.57. The van der Waals surface area contributed by atoms with Crippen LogP contribution in [0.15, 0.2) is 18.2 Å². The third kappa shape index (κ3) is 4.63. The largest absolute Gasteiger partial charge is 0.481 e. The van der Waals surface area contributed by atoms with E-state index in [1.165, 1.54) is 0 Å². The van der Waals surface area contributed by atoms with Gasteiger partial charge in [-0.3, -0.25) is 4.79 Å². The number of carbonyl (C=O) groups is 1. The van der Waals surface area contributed by atoms with Gasteiger partial charge in [0.15, 0.2) is 0 Å². The molecule has 1 aromatic rings. The zero-order valence-electron chi connectivity index (χ0n) is 9.27. The molecule has 0 amide bonds. The topological polar surface area (TPSA) is 71.5 Å². The highest BCUT2D eigenvalue weighted by Crippen LogP contribution is 2.10. The Morgan fingerprint density at radius 3 is 3.00 bits per heavy atom. The van der Waals surface area contributed by atoms with Gasteiger partial charge in [0, 0.05) is 19.0 Å². The van der Waals surface area contributed by atoms with Gasteiger partial charge < -0.3 is 15.2 Å². The van der Waals surface area contributed by atoms with Crippen molar-refractivity contribution in [3.05, 3.63) is 18.2 Å².